The summed E-state index contributed by atoms with van der Waals surface area (Å²) in [5.74, 6) is -0.388. The van der Waals surface area contributed by atoms with Crippen molar-refractivity contribution in [3.05, 3.63) is 71.4 Å². The largest absolute Gasteiger partial charge is 0.368 e. The van der Waals surface area contributed by atoms with Gasteiger partial charge in [0.25, 0.3) is 0 Å². The molecule has 152 valence electrons. The maximum Gasteiger partial charge on any atom is 0.224 e. The summed E-state index contributed by atoms with van der Waals surface area (Å²) in [6.07, 6.45) is 2.37. The molecule has 0 saturated heterocycles. The molecule has 5 rings (SSSR count). The third-order valence-corrected chi connectivity index (χ3v) is 5.32. The van der Waals surface area contributed by atoms with Crippen molar-refractivity contribution >= 4 is 28.5 Å². The third kappa shape index (κ3) is 3.28. The normalized spacial score (nSPS) is 15.9. The van der Waals surface area contributed by atoms with Crippen molar-refractivity contribution < 1.29 is 8.78 Å². The fourth-order valence-electron chi connectivity index (χ4n) is 3.96. The van der Waals surface area contributed by atoms with Crippen molar-refractivity contribution in [1.82, 2.24) is 20.2 Å². The Bertz CT molecular complexity index is 1200. The first-order valence-corrected chi connectivity index (χ1v) is 9.57. The molecule has 1 unspecified atom stereocenters. The van der Waals surface area contributed by atoms with Crippen molar-refractivity contribution in [2.75, 3.05) is 22.5 Å². The summed E-state index contributed by atoms with van der Waals surface area (Å²) in [4.78, 5) is 10.4. The predicted octanol–water partition coefficient (Wildman–Crippen LogP) is 3.26. The molecule has 0 fully saturated rings. The van der Waals surface area contributed by atoms with Gasteiger partial charge in [-0.05, 0) is 30.2 Å². The summed E-state index contributed by atoms with van der Waals surface area (Å²) in [6, 6.07) is 11.8. The molecule has 0 amide bonds. The highest BCUT2D eigenvalue weighted by molar-refractivity contribution is 5.87. The van der Waals surface area contributed by atoms with Crippen molar-refractivity contribution in [1.29, 1.82) is 0 Å². The number of nitrogens with zero attached hydrogens (tertiary/aromatic N) is 4. The molecule has 1 aliphatic rings. The lowest BCUT2D eigenvalue weighted by atomic mass is 9.97. The van der Waals surface area contributed by atoms with E-state index in [9.17, 15) is 8.78 Å². The van der Waals surface area contributed by atoms with E-state index in [0.717, 1.165) is 23.1 Å². The molecule has 0 spiro atoms. The first-order valence-electron chi connectivity index (χ1n) is 9.57. The van der Waals surface area contributed by atoms with Crippen LogP contribution < -0.4 is 16.0 Å². The van der Waals surface area contributed by atoms with Crippen LogP contribution in [0.5, 0.6) is 0 Å². The Labute approximate surface area is 170 Å². The fourth-order valence-corrected chi connectivity index (χ4v) is 3.96. The minimum atomic E-state index is -0.550. The molecular weight excluding hydrogens is 388 g/mol. The number of halogens is 2. The van der Waals surface area contributed by atoms with Gasteiger partial charge in [-0.1, -0.05) is 24.3 Å². The van der Waals surface area contributed by atoms with Gasteiger partial charge in [-0.25, -0.2) is 8.78 Å². The standard InChI is InChI=1S/C21H19F2N7/c22-16-5-3-6-17(23)15(16)11-30-10-13(8-12-4-1-2-7-18(12)30)26-19-14-9-25-29-20(14)28-21(24)27-19/h1-7,9,13H,8,10-11H2,(H4,24,25,26,27,28,29). The number of aromatic amines is 1. The zero-order valence-corrected chi connectivity index (χ0v) is 15.9. The molecule has 2 aromatic heterocycles. The molecule has 0 saturated carbocycles. The highest BCUT2D eigenvalue weighted by Crippen LogP contribution is 2.31. The zero-order chi connectivity index (χ0) is 20.7. The molecule has 30 heavy (non-hydrogen) atoms. The number of rotatable bonds is 4. The summed E-state index contributed by atoms with van der Waals surface area (Å²) in [5.41, 5.74) is 8.48. The van der Waals surface area contributed by atoms with Crippen LogP contribution in [0.3, 0.4) is 0 Å². The van der Waals surface area contributed by atoms with E-state index in [2.05, 4.69) is 25.5 Å². The minimum absolute atomic E-state index is 0.0523. The zero-order valence-electron chi connectivity index (χ0n) is 15.9. The van der Waals surface area contributed by atoms with Gasteiger partial charge in [-0.15, -0.1) is 0 Å². The van der Waals surface area contributed by atoms with Gasteiger partial charge in [-0.3, -0.25) is 5.10 Å². The van der Waals surface area contributed by atoms with Crippen LogP contribution in [0.15, 0.2) is 48.7 Å². The Balaban J connectivity index is 1.48. The number of fused-ring (bicyclic) bond motifs is 2. The van der Waals surface area contributed by atoms with Crippen LogP contribution in [0, 0.1) is 11.6 Å². The second-order valence-corrected chi connectivity index (χ2v) is 7.32. The number of para-hydroxylation sites is 1. The van der Waals surface area contributed by atoms with E-state index < -0.39 is 11.6 Å². The maximum atomic E-state index is 14.3. The van der Waals surface area contributed by atoms with E-state index in [4.69, 9.17) is 5.73 Å². The van der Waals surface area contributed by atoms with E-state index in [1.165, 1.54) is 18.2 Å². The summed E-state index contributed by atoms with van der Waals surface area (Å²) in [6.45, 7) is 0.661. The number of hydrogen-bond donors (Lipinski definition) is 3. The molecule has 4 aromatic rings. The highest BCUT2D eigenvalue weighted by atomic mass is 19.1. The third-order valence-electron chi connectivity index (χ3n) is 5.32. The van der Waals surface area contributed by atoms with Crippen molar-refractivity contribution in [2.45, 2.75) is 19.0 Å². The molecule has 2 aromatic carbocycles. The van der Waals surface area contributed by atoms with Gasteiger partial charge in [0.05, 0.1) is 11.6 Å². The van der Waals surface area contributed by atoms with Gasteiger partial charge in [0.15, 0.2) is 5.65 Å². The highest BCUT2D eigenvalue weighted by Gasteiger charge is 2.26. The number of H-pyrrole nitrogens is 1. The van der Waals surface area contributed by atoms with E-state index in [1.54, 1.807) is 6.20 Å². The minimum Gasteiger partial charge on any atom is -0.368 e. The lowest BCUT2D eigenvalue weighted by Crippen LogP contribution is -2.42. The van der Waals surface area contributed by atoms with Gasteiger partial charge >= 0.3 is 0 Å². The van der Waals surface area contributed by atoms with Crippen LogP contribution in [0.1, 0.15) is 11.1 Å². The summed E-state index contributed by atoms with van der Waals surface area (Å²) >= 11 is 0. The Morgan fingerprint density at radius 3 is 2.73 bits per heavy atom. The van der Waals surface area contributed by atoms with Crippen LogP contribution >= 0.6 is 0 Å². The first kappa shape index (κ1) is 18.3. The molecular formula is C21H19F2N7. The van der Waals surface area contributed by atoms with Gasteiger partial charge in [0.2, 0.25) is 5.95 Å². The number of anilines is 3. The number of hydrogen-bond acceptors (Lipinski definition) is 6. The molecule has 0 radical (unpaired) electrons. The van der Waals surface area contributed by atoms with Gasteiger partial charge in [-0.2, -0.15) is 15.1 Å². The number of nitrogen functional groups attached to an aromatic ring is 1. The lowest BCUT2D eigenvalue weighted by Gasteiger charge is -2.37. The molecule has 1 aliphatic heterocycles. The molecule has 4 N–H and O–H groups in total. The van der Waals surface area contributed by atoms with E-state index in [-0.39, 0.29) is 24.1 Å². The number of nitrogens with one attached hydrogen (secondary N) is 2. The van der Waals surface area contributed by atoms with E-state index in [0.29, 0.717) is 18.0 Å². The van der Waals surface area contributed by atoms with Crippen LogP contribution in [0.25, 0.3) is 11.0 Å². The predicted molar refractivity (Wildman–Crippen MR) is 111 cm³/mol. The second-order valence-electron chi connectivity index (χ2n) is 7.32. The Morgan fingerprint density at radius 1 is 1.10 bits per heavy atom. The number of aromatic nitrogens is 4. The first-order chi connectivity index (χ1) is 14.6. The smallest absolute Gasteiger partial charge is 0.224 e. The van der Waals surface area contributed by atoms with Crippen molar-refractivity contribution in [3.8, 4) is 0 Å². The number of benzene rings is 2. The van der Waals surface area contributed by atoms with Gasteiger partial charge in [0, 0.05) is 30.4 Å². The quantitative estimate of drug-likeness (QED) is 0.481. The van der Waals surface area contributed by atoms with E-state index in [1.807, 2.05) is 29.2 Å². The van der Waals surface area contributed by atoms with Crippen LogP contribution in [-0.4, -0.2) is 32.8 Å². The second kappa shape index (κ2) is 7.25. The van der Waals surface area contributed by atoms with E-state index >= 15 is 0 Å². The molecule has 1 atom stereocenters. The summed E-state index contributed by atoms with van der Waals surface area (Å²) in [7, 11) is 0. The Morgan fingerprint density at radius 2 is 1.90 bits per heavy atom. The Hall–Kier alpha value is -3.75. The SMILES string of the molecule is Nc1nc(NC2Cc3ccccc3N(Cc3c(F)cccc3F)C2)c2cn[nH]c2n1. The van der Waals surface area contributed by atoms with Gasteiger partial charge in [0.1, 0.15) is 17.5 Å². The molecule has 0 aliphatic carbocycles. The van der Waals surface area contributed by atoms with Crippen LogP contribution in [0.4, 0.5) is 26.2 Å². The average molecular weight is 407 g/mol. The topological polar surface area (TPSA) is 95.7 Å². The summed E-state index contributed by atoms with van der Waals surface area (Å²) < 4.78 is 28.6. The van der Waals surface area contributed by atoms with Crippen molar-refractivity contribution in [3.63, 3.8) is 0 Å². The van der Waals surface area contributed by atoms with Crippen LogP contribution in [0.2, 0.25) is 0 Å². The molecule has 7 nitrogen and oxygen atoms in total. The number of nitrogens with two attached hydrogens (primary N) is 1. The Kier molecular flexibility index (Phi) is 4.42. The monoisotopic (exact) mass is 407 g/mol. The lowest BCUT2D eigenvalue weighted by molar-refractivity contribution is 0.540. The maximum absolute atomic E-state index is 14.3. The molecule has 9 heteroatoms. The van der Waals surface area contributed by atoms with Crippen molar-refractivity contribution in [2.24, 2.45) is 0 Å². The molecule has 3 heterocycles. The van der Waals surface area contributed by atoms with Crippen LogP contribution in [-0.2, 0) is 13.0 Å². The summed E-state index contributed by atoms with van der Waals surface area (Å²) in [5, 5.41) is 10.9. The average Bonchev–Trinajstić information content (AvgIpc) is 3.19. The van der Waals surface area contributed by atoms with Gasteiger partial charge < -0.3 is 16.0 Å². The molecule has 0 bridgehead atoms. The fraction of sp³-hybridized carbons (Fsp3) is 0.190.